The Balaban J connectivity index is 2.17. The van der Waals surface area contributed by atoms with Crippen LogP contribution in [0.25, 0.3) is 6.08 Å². The molecule has 1 atom stereocenters. The van der Waals surface area contributed by atoms with Gasteiger partial charge in [0.1, 0.15) is 11.6 Å². The van der Waals surface area contributed by atoms with E-state index >= 15 is 0 Å². The minimum Gasteiger partial charge on any atom is -0.461 e. The van der Waals surface area contributed by atoms with Crippen molar-refractivity contribution >= 4 is 6.08 Å². The van der Waals surface area contributed by atoms with Gasteiger partial charge in [-0.3, -0.25) is 0 Å². The molecule has 2 rings (SSSR count). The topological polar surface area (TPSA) is 18.5 Å². The van der Waals surface area contributed by atoms with Crippen molar-refractivity contribution in [2.75, 3.05) is 0 Å². The quantitative estimate of drug-likeness (QED) is 0.743. The molecule has 0 N–H and O–H groups in total. The normalized spacial score (nSPS) is 18.8. The highest BCUT2D eigenvalue weighted by Gasteiger charge is 2.16. The Hall–Kier alpha value is -1.35. The molecule has 0 amide bonds. The highest BCUT2D eigenvalue weighted by molar-refractivity contribution is 5.59. The van der Waals surface area contributed by atoms with E-state index in [4.69, 9.17) is 9.47 Å². The van der Waals surface area contributed by atoms with E-state index in [1.807, 2.05) is 19.9 Å². The van der Waals surface area contributed by atoms with Gasteiger partial charge in [0.25, 0.3) is 0 Å². The zero-order valence-corrected chi connectivity index (χ0v) is 8.74. The van der Waals surface area contributed by atoms with Crippen molar-refractivity contribution in [3.63, 3.8) is 0 Å². The lowest BCUT2D eigenvalue weighted by atomic mass is 10.1. The lowest BCUT2D eigenvalue weighted by molar-refractivity contribution is -0.0771. The summed E-state index contributed by atoms with van der Waals surface area (Å²) >= 11 is 0. The summed E-state index contributed by atoms with van der Waals surface area (Å²) in [6.45, 7) is 3.88. The van der Waals surface area contributed by atoms with Gasteiger partial charge in [0, 0.05) is 5.56 Å². The second-order valence-electron chi connectivity index (χ2n) is 3.71. The molecule has 1 aromatic rings. The zero-order chi connectivity index (χ0) is 10.8. The molecule has 0 spiro atoms. The maximum Gasteiger partial charge on any atom is 0.220 e. The first kappa shape index (κ1) is 10.2. The lowest BCUT2D eigenvalue weighted by Crippen LogP contribution is -2.24. The van der Waals surface area contributed by atoms with E-state index in [0.717, 1.165) is 5.56 Å². The second-order valence-corrected chi connectivity index (χ2v) is 3.71. The Labute approximate surface area is 88.3 Å². The van der Waals surface area contributed by atoms with Crippen molar-refractivity contribution in [3.05, 3.63) is 35.7 Å². The first-order valence-corrected chi connectivity index (χ1v) is 4.95. The number of hydrogen-bond donors (Lipinski definition) is 0. The Bertz CT molecular complexity index is 385. The maximum atomic E-state index is 12.9. The first-order chi connectivity index (χ1) is 7.15. The Morgan fingerprint density at radius 1 is 1.40 bits per heavy atom. The van der Waals surface area contributed by atoms with E-state index in [9.17, 15) is 4.39 Å². The Morgan fingerprint density at radius 2 is 2.20 bits per heavy atom. The second kappa shape index (κ2) is 4.03. The van der Waals surface area contributed by atoms with Crippen molar-refractivity contribution in [3.8, 4) is 5.75 Å². The van der Waals surface area contributed by atoms with Gasteiger partial charge in [0.05, 0.1) is 6.10 Å². The average Bonchev–Trinajstić information content (AvgIpc) is 2.17. The predicted octanol–water partition coefficient (Wildman–Crippen LogP) is 2.98. The molecule has 1 aromatic carbocycles. The number of benzene rings is 1. The van der Waals surface area contributed by atoms with Crippen molar-refractivity contribution in [2.24, 2.45) is 0 Å². The van der Waals surface area contributed by atoms with Crippen LogP contribution in [0.3, 0.4) is 0 Å². The van der Waals surface area contributed by atoms with Crippen LogP contribution in [-0.4, -0.2) is 12.4 Å². The molecule has 0 radical (unpaired) electrons. The van der Waals surface area contributed by atoms with E-state index in [0.29, 0.717) is 5.75 Å². The van der Waals surface area contributed by atoms with Crippen LogP contribution in [0, 0.1) is 5.82 Å². The number of ether oxygens (including phenoxy) is 2. The van der Waals surface area contributed by atoms with Crippen LogP contribution in [0.15, 0.2) is 24.3 Å². The van der Waals surface area contributed by atoms with E-state index in [1.165, 1.54) is 12.1 Å². The molecule has 0 aliphatic carbocycles. The molecular formula is C12H13FO2. The largest absolute Gasteiger partial charge is 0.461 e. The summed E-state index contributed by atoms with van der Waals surface area (Å²) in [6, 6.07) is 4.44. The SMILES string of the molecule is CC(C)OC1C=Cc2cc(F)ccc2O1. The summed E-state index contributed by atoms with van der Waals surface area (Å²) in [5, 5.41) is 0. The third kappa shape index (κ3) is 2.36. The zero-order valence-electron chi connectivity index (χ0n) is 8.74. The molecular weight excluding hydrogens is 195 g/mol. The lowest BCUT2D eigenvalue weighted by Gasteiger charge is -2.23. The van der Waals surface area contributed by atoms with Crippen molar-refractivity contribution in [1.29, 1.82) is 0 Å². The Kier molecular flexibility index (Phi) is 2.73. The van der Waals surface area contributed by atoms with Gasteiger partial charge in [-0.25, -0.2) is 4.39 Å². The van der Waals surface area contributed by atoms with Crippen LogP contribution < -0.4 is 4.74 Å². The van der Waals surface area contributed by atoms with E-state index < -0.39 is 0 Å². The number of fused-ring (bicyclic) bond motifs is 1. The van der Waals surface area contributed by atoms with Crippen LogP contribution in [-0.2, 0) is 4.74 Å². The maximum absolute atomic E-state index is 12.9. The summed E-state index contributed by atoms with van der Waals surface area (Å²) in [6.07, 6.45) is 3.32. The molecule has 0 bridgehead atoms. The number of halogens is 1. The van der Waals surface area contributed by atoms with Gasteiger partial charge in [-0.1, -0.05) is 0 Å². The smallest absolute Gasteiger partial charge is 0.220 e. The van der Waals surface area contributed by atoms with Crippen LogP contribution in [0.1, 0.15) is 19.4 Å². The summed E-state index contributed by atoms with van der Waals surface area (Å²) in [7, 11) is 0. The molecule has 0 saturated carbocycles. The van der Waals surface area contributed by atoms with E-state index in [2.05, 4.69) is 0 Å². The van der Waals surface area contributed by atoms with Gasteiger partial charge in [-0.15, -0.1) is 0 Å². The summed E-state index contributed by atoms with van der Waals surface area (Å²) in [5.41, 5.74) is 0.749. The predicted molar refractivity (Wildman–Crippen MR) is 56.1 cm³/mol. The van der Waals surface area contributed by atoms with E-state index in [-0.39, 0.29) is 18.2 Å². The van der Waals surface area contributed by atoms with Gasteiger partial charge in [0.2, 0.25) is 6.29 Å². The van der Waals surface area contributed by atoms with Crippen LogP contribution >= 0.6 is 0 Å². The van der Waals surface area contributed by atoms with Crippen LogP contribution in [0.5, 0.6) is 5.75 Å². The molecule has 2 nitrogen and oxygen atoms in total. The summed E-state index contributed by atoms with van der Waals surface area (Å²) in [4.78, 5) is 0. The monoisotopic (exact) mass is 208 g/mol. The van der Waals surface area contributed by atoms with Crippen molar-refractivity contribution in [2.45, 2.75) is 26.2 Å². The molecule has 1 aliphatic heterocycles. The van der Waals surface area contributed by atoms with Crippen molar-refractivity contribution < 1.29 is 13.9 Å². The molecule has 3 heteroatoms. The van der Waals surface area contributed by atoms with Gasteiger partial charge in [0.15, 0.2) is 0 Å². The fourth-order valence-electron chi connectivity index (χ4n) is 1.44. The number of rotatable bonds is 2. The molecule has 0 aromatic heterocycles. The average molecular weight is 208 g/mol. The van der Waals surface area contributed by atoms with Gasteiger partial charge in [-0.05, 0) is 44.2 Å². The van der Waals surface area contributed by atoms with Crippen LogP contribution in [0.2, 0.25) is 0 Å². The highest BCUT2D eigenvalue weighted by atomic mass is 19.1. The molecule has 1 aliphatic rings. The minimum atomic E-state index is -0.372. The fraction of sp³-hybridized carbons (Fsp3) is 0.333. The van der Waals surface area contributed by atoms with Gasteiger partial charge in [-0.2, -0.15) is 0 Å². The molecule has 1 heterocycles. The molecule has 0 fully saturated rings. The standard InChI is InChI=1S/C12H13FO2/c1-8(2)14-12-6-3-9-7-10(13)4-5-11(9)15-12/h3-8,12H,1-2H3. The third-order valence-electron chi connectivity index (χ3n) is 2.05. The molecule has 1 unspecified atom stereocenters. The molecule has 0 saturated heterocycles. The highest BCUT2D eigenvalue weighted by Crippen LogP contribution is 2.27. The summed E-state index contributed by atoms with van der Waals surface area (Å²) < 4.78 is 23.9. The van der Waals surface area contributed by atoms with E-state index in [1.54, 1.807) is 12.1 Å². The molecule has 80 valence electrons. The summed E-state index contributed by atoms with van der Waals surface area (Å²) in [5.74, 6) is 0.398. The van der Waals surface area contributed by atoms with Crippen molar-refractivity contribution in [1.82, 2.24) is 0 Å². The van der Waals surface area contributed by atoms with Gasteiger partial charge < -0.3 is 9.47 Å². The fourth-order valence-corrected chi connectivity index (χ4v) is 1.44. The minimum absolute atomic E-state index is 0.0987. The van der Waals surface area contributed by atoms with Gasteiger partial charge >= 0.3 is 0 Å². The Morgan fingerprint density at radius 3 is 2.93 bits per heavy atom. The van der Waals surface area contributed by atoms with Crippen LogP contribution in [0.4, 0.5) is 4.39 Å². The third-order valence-corrected chi connectivity index (χ3v) is 2.05. The molecule has 15 heavy (non-hydrogen) atoms. The first-order valence-electron chi connectivity index (χ1n) is 4.95. The number of hydrogen-bond acceptors (Lipinski definition) is 2.